The Balaban J connectivity index is 1.79. The summed E-state index contributed by atoms with van der Waals surface area (Å²) in [5.41, 5.74) is 1.93. The summed E-state index contributed by atoms with van der Waals surface area (Å²) in [6, 6.07) is 10.2. The Labute approximate surface area is 151 Å². The van der Waals surface area contributed by atoms with Gasteiger partial charge in [-0.15, -0.1) is 0 Å². The van der Waals surface area contributed by atoms with E-state index >= 15 is 0 Å². The summed E-state index contributed by atoms with van der Waals surface area (Å²) in [6.45, 7) is 11.6. The van der Waals surface area contributed by atoms with E-state index in [1.165, 1.54) is 5.56 Å². The number of nitrogens with one attached hydrogen (secondary N) is 1. The van der Waals surface area contributed by atoms with Gasteiger partial charge < -0.3 is 5.32 Å². The van der Waals surface area contributed by atoms with Crippen molar-refractivity contribution in [1.82, 2.24) is 15.1 Å². The van der Waals surface area contributed by atoms with Gasteiger partial charge in [-0.05, 0) is 50.0 Å². The first-order valence-electron chi connectivity index (χ1n) is 9.21. The molecule has 25 heavy (non-hydrogen) atoms. The predicted octanol–water partition coefficient (Wildman–Crippen LogP) is 2.23. The van der Waals surface area contributed by atoms with E-state index in [1.807, 2.05) is 24.3 Å². The van der Waals surface area contributed by atoms with Gasteiger partial charge in [0.15, 0.2) is 0 Å². The Morgan fingerprint density at radius 3 is 2.40 bits per heavy atom. The molecule has 0 radical (unpaired) electrons. The minimum absolute atomic E-state index is 0.127. The zero-order valence-electron chi connectivity index (χ0n) is 15.7. The summed E-state index contributed by atoms with van der Waals surface area (Å²) < 4.78 is 0. The monoisotopic (exact) mass is 342 g/mol. The topological polar surface area (TPSA) is 59.4 Å². The number of nitrogens with zero attached hydrogens (tertiary/aromatic N) is 3. The van der Waals surface area contributed by atoms with Crippen molar-refractivity contribution < 1.29 is 4.79 Å². The van der Waals surface area contributed by atoms with Crippen molar-refractivity contribution in [2.75, 3.05) is 32.7 Å². The van der Waals surface area contributed by atoms with Gasteiger partial charge in [0.05, 0.1) is 18.2 Å². The minimum Gasteiger partial charge on any atom is -0.352 e. The van der Waals surface area contributed by atoms with Crippen LogP contribution in [0, 0.1) is 17.2 Å². The van der Waals surface area contributed by atoms with Crippen molar-refractivity contribution in [3.8, 4) is 6.07 Å². The molecular weight excluding hydrogens is 312 g/mol. The van der Waals surface area contributed by atoms with Crippen molar-refractivity contribution in [2.45, 2.75) is 39.8 Å². The zero-order valence-corrected chi connectivity index (χ0v) is 15.7. The first-order valence-corrected chi connectivity index (χ1v) is 9.21. The normalized spacial score (nSPS) is 17.7. The highest BCUT2D eigenvalue weighted by molar-refractivity contribution is 5.78. The molecular formula is C20H30N4O. The van der Waals surface area contributed by atoms with Crippen LogP contribution in [0.4, 0.5) is 0 Å². The van der Waals surface area contributed by atoms with Gasteiger partial charge in [0.25, 0.3) is 0 Å². The molecule has 1 unspecified atom stereocenters. The fourth-order valence-electron chi connectivity index (χ4n) is 2.95. The standard InChI is InChI=1S/C20H30N4O/c1-16(2)17(3)22-20(25)15-24-10-4-9-23(11-12-24)14-19-7-5-18(13-21)6-8-19/h5-8,16-17H,4,9-12,14-15H2,1-3H3,(H,22,25). The van der Waals surface area contributed by atoms with E-state index in [1.54, 1.807) is 0 Å². The van der Waals surface area contributed by atoms with Crippen LogP contribution >= 0.6 is 0 Å². The molecule has 0 saturated carbocycles. The average Bonchev–Trinajstić information content (AvgIpc) is 2.80. The summed E-state index contributed by atoms with van der Waals surface area (Å²) in [7, 11) is 0. The van der Waals surface area contributed by atoms with Crippen LogP contribution in [0.1, 0.15) is 38.3 Å². The Morgan fingerprint density at radius 2 is 1.76 bits per heavy atom. The Morgan fingerprint density at radius 1 is 1.12 bits per heavy atom. The molecule has 1 aromatic rings. The third-order valence-electron chi connectivity index (χ3n) is 4.93. The van der Waals surface area contributed by atoms with Crippen LogP contribution in [0.15, 0.2) is 24.3 Å². The predicted molar refractivity (Wildman–Crippen MR) is 99.9 cm³/mol. The van der Waals surface area contributed by atoms with Crippen LogP contribution in [0.5, 0.6) is 0 Å². The lowest BCUT2D eigenvalue weighted by Crippen LogP contribution is -2.43. The molecule has 136 valence electrons. The fraction of sp³-hybridized carbons (Fsp3) is 0.600. The molecule has 0 aliphatic carbocycles. The average molecular weight is 342 g/mol. The maximum Gasteiger partial charge on any atom is 0.234 e. The molecule has 1 atom stereocenters. The SMILES string of the molecule is CC(C)C(C)NC(=O)CN1CCCN(Cc2ccc(C#N)cc2)CC1. The molecule has 1 amide bonds. The smallest absolute Gasteiger partial charge is 0.234 e. The minimum atomic E-state index is 0.127. The van der Waals surface area contributed by atoms with Crippen LogP contribution in [-0.4, -0.2) is 54.5 Å². The van der Waals surface area contributed by atoms with E-state index in [2.05, 4.69) is 42.0 Å². The van der Waals surface area contributed by atoms with Gasteiger partial charge in [0.1, 0.15) is 0 Å². The van der Waals surface area contributed by atoms with Crippen LogP contribution in [0.3, 0.4) is 0 Å². The highest BCUT2D eigenvalue weighted by Gasteiger charge is 2.18. The maximum absolute atomic E-state index is 12.2. The number of carbonyl (C=O) groups is 1. The largest absolute Gasteiger partial charge is 0.352 e. The van der Waals surface area contributed by atoms with Gasteiger partial charge in [-0.1, -0.05) is 26.0 Å². The lowest BCUT2D eigenvalue weighted by molar-refractivity contribution is -0.123. The number of nitriles is 1. The van der Waals surface area contributed by atoms with Crippen LogP contribution in [-0.2, 0) is 11.3 Å². The van der Waals surface area contributed by atoms with E-state index in [9.17, 15) is 4.79 Å². The van der Waals surface area contributed by atoms with Crippen LogP contribution in [0.25, 0.3) is 0 Å². The van der Waals surface area contributed by atoms with Gasteiger partial charge in [-0.2, -0.15) is 5.26 Å². The van der Waals surface area contributed by atoms with E-state index in [0.717, 1.165) is 39.1 Å². The molecule has 1 aromatic carbocycles. The molecule has 1 aliphatic rings. The lowest BCUT2D eigenvalue weighted by Gasteiger charge is -2.23. The van der Waals surface area contributed by atoms with Crippen LogP contribution in [0.2, 0.25) is 0 Å². The van der Waals surface area contributed by atoms with Crippen LogP contribution < -0.4 is 5.32 Å². The summed E-state index contributed by atoms with van der Waals surface area (Å²) in [5.74, 6) is 0.581. The van der Waals surface area contributed by atoms with E-state index in [0.29, 0.717) is 18.0 Å². The first-order chi connectivity index (χ1) is 12.0. The second kappa shape index (κ2) is 9.55. The molecule has 5 nitrogen and oxygen atoms in total. The molecule has 0 aromatic heterocycles. The van der Waals surface area contributed by atoms with Gasteiger partial charge in [0, 0.05) is 25.7 Å². The van der Waals surface area contributed by atoms with E-state index < -0.39 is 0 Å². The van der Waals surface area contributed by atoms with E-state index in [-0.39, 0.29) is 11.9 Å². The van der Waals surface area contributed by atoms with Crippen molar-refractivity contribution in [2.24, 2.45) is 5.92 Å². The number of hydrogen-bond acceptors (Lipinski definition) is 4. The zero-order chi connectivity index (χ0) is 18.2. The third-order valence-corrected chi connectivity index (χ3v) is 4.93. The fourth-order valence-corrected chi connectivity index (χ4v) is 2.95. The van der Waals surface area contributed by atoms with Crippen molar-refractivity contribution in [1.29, 1.82) is 5.26 Å². The molecule has 5 heteroatoms. The number of carbonyl (C=O) groups excluding carboxylic acids is 1. The summed E-state index contributed by atoms with van der Waals surface area (Å²) in [4.78, 5) is 16.9. The van der Waals surface area contributed by atoms with E-state index in [4.69, 9.17) is 5.26 Å². The molecule has 1 heterocycles. The first kappa shape index (κ1) is 19.4. The molecule has 0 bridgehead atoms. The summed E-state index contributed by atoms with van der Waals surface area (Å²) in [5, 5.41) is 12.0. The number of benzene rings is 1. The molecule has 1 fully saturated rings. The molecule has 1 saturated heterocycles. The van der Waals surface area contributed by atoms with Gasteiger partial charge in [-0.3, -0.25) is 14.6 Å². The molecule has 0 spiro atoms. The summed E-state index contributed by atoms with van der Waals surface area (Å²) >= 11 is 0. The Bertz CT molecular complexity index is 591. The quantitative estimate of drug-likeness (QED) is 0.861. The highest BCUT2D eigenvalue weighted by atomic mass is 16.2. The highest BCUT2D eigenvalue weighted by Crippen LogP contribution is 2.10. The van der Waals surface area contributed by atoms with Crippen molar-refractivity contribution in [3.05, 3.63) is 35.4 Å². The molecule has 1 N–H and O–H groups in total. The van der Waals surface area contributed by atoms with Crippen molar-refractivity contribution >= 4 is 5.91 Å². The number of amides is 1. The molecule has 2 rings (SSSR count). The number of rotatable bonds is 6. The van der Waals surface area contributed by atoms with Gasteiger partial charge >= 0.3 is 0 Å². The second-order valence-electron chi connectivity index (χ2n) is 7.31. The van der Waals surface area contributed by atoms with Gasteiger partial charge in [-0.25, -0.2) is 0 Å². The summed E-state index contributed by atoms with van der Waals surface area (Å²) in [6.07, 6.45) is 1.07. The third kappa shape index (κ3) is 6.49. The lowest BCUT2D eigenvalue weighted by atomic mass is 10.1. The second-order valence-corrected chi connectivity index (χ2v) is 7.31. The Hall–Kier alpha value is -1.90. The Kier molecular flexibility index (Phi) is 7.42. The van der Waals surface area contributed by atoms with Crippen molar-refractivity contribution in [3.63, 3.8) is 0 Å². The maximum atomic E-state index is 12.2. The number of hydrogen-bond donors (Lipinski definition) is 1. The van der Waals surface area contributed by atoms with Gasteiger partial charge in [0.2, 0.25) is 5.91 Å². The molecule has 1 aliphatic heterocycles.